The number of carbonyl (C=O) groups is 2. The van der Waals surface area contributed by atoms with Gasteiger partial charge in [0.2, 0.25) is 0 Å². The van der Waals surface area contributed by atoms with Crippen molar-refractivity contribution in [1.82, 2.24) is 5.32 Å². The number of amides is 2. The molecule has 1 aliphatic rings. The largest absolute Gasteiger partial charge is 0.450 e. The van der Waals surface area contributed by atoms with E-state index in [0.717, 1.165) is 32.0 Å². The molecule has 0 bridgehead atoms. The first-order valence-electron chi connectivity index (χ1n) is 7.21. The number of quaternary nitrogens is 1. The van der Waals surface area contributed by atoms with Crippen LogP contribution in [0.5, 0.6) is 0 Å². The number of rotatable bonds is 4. The Labute approximate surface area is 123 Å². The highest BCUT2D eigenvalue weighted by Crippen LogP contribution is 2.04. The number of carbonyl (C=O) groups excluding carboxylic acids is 2. The minimum absolute atomic E-state index is 0.262. The van der Waals surface area contributed by atoms with Crippen molar-refractivity contribution < 1.29 is 24.2 Å². The molecule has 0 unspecified atom stereocenters. The number of nitrogens with zero attached hydrogens (tertiary/aromatic N) is 1. The summed E-state index contributed by atoms with van der Waals surface area (Å²) < 4.78 is 4.68. The first-order valence-corrected chi connectivity index (χ1v) is 7.21. The van der Waals surface area contributed by atoms with Crippen LogP contribution in [0.2, 0.25) is 0 Å². The fraction of sp³-hybridized carbons (Fsp3) is 0.500. The van der Waals surface area contributed by atoms with Gasteiger partial charge in [-0.2, -0.15) is 0 Å². The lowest BCUT2D eigenvalue weighted by molar-refractivity contribution is -0.892. The molecule has 0 aromatic carbocycles. The van der Waals surface area contributed by atoms with Crippen molar-refractivity contribution in [1.29, 1.82) is 0 Å². The van der Waals surface area contributed by atoms with Crippen molar-refractivity contribution in [3.8, 4) is 0 Å². The van der Waals surface area contributed by atoms with Crippen molar-refractivity contribution in [3.05, 3.63) is 24.4 Å². The average Bonchev–Trinajstić information content (AvgIpc) is 2.49. The number of hydrogen-bond acceptors (Lipinski definition) is 4. The van der Waals surface area contributed by atoms with Crippen LogP contribution < -0.4 is 20.1 Å². The van der Waals surface area contributed by atoms with E-state index in [1.807, 2.05) is 24.4 Å². The molecule has 21 heavy (non-hydrogen) atoms. The molecule has 114 valence electrons. The van der Waals surface area contributed by atoms with E-state index in [2.05, 4.69) is 19.9 Å². The Kier molecular flexibility index (Phi) is 5.51. The SMILES string of the molecule is CCOC(=O)NC(=O)C[NH+]1CCN(c2cccc[nH+]2)CC1. The fourth-order valence-electron chi connectivity index (χ4n) is 2.37. The fourth-order valence-corrected chi connectivity index (χ4v) is 2.37. The first-order chi connectivity index (χ1) is 10.2. The number of ether oxygens (including phenoxy) is 1. The van der Waals surface area contributed by atoms with Crippen molar-refractivity contribution >= 4 is 17.8 Å². The van der Waals surface area contributed by atoms with Gasteiger partial charge in [-0.1, -0.05) is 6.07 Å². The standard InChI is InChI=1S/C14H20N4O3/c1-2-21-14(20)16-13(19)11-17-7-9-18(10-8-17)12-5-3-4-6-15-12/h3-6H,2,7-11H2,1H3,(H,16,19,20)/p+2. The van der Waals surface area contributed by atoms with Crippen LogP contribution in [-0.4, -0.2) is 51.3 Å². The highest BCUT2D eigenvalue weighted by atomic mass is 16.5. The summed E-state index contributed by atoms with van der Waals surface area (Å²) in [5.41, 5.74) is 0. The van der Waals surface area contributed by atoms with E-state index < -0.39 is 6.09 Å². The van der Waals surface area contributed by atoms with Gasteiger partial charge in [0.1, 0.15) is 26.2 Å². The van der Waals surface area contributed by atoms with Crippen LogP contribution in [0.3, 0.4) is 0 Å². The van der Waals surface area contributed by atoms with Gasteiger partial charge in [0.25, 0.3) is 11.7 Å². The van der Waals surface area contributed by atoms with Gasteiger partial charge >= 0.3 is 6.09 Å². The molecule has 2 amide bonds. The van der Waals surface area contributed by atoms with Gasteiger partial charge in [0.15, 0.2) is 6.54 Å². The summed E-state index contributed by atoms with van der Waals surface area (Å²) in [6, 6.07) is 5.99. The predicted molar refractivity (Wildman–Crippen MR) is 75.9 cm³/mol. The minimum atomic E-state index is -0.667. The van der Waals surface area contributed by atoms with E-state index in [9.17, 15) is 9.59 Å². The monoisotopic (exact) mass is 294 g/mol. The van der Waals surface area contributed by atoms with Crippen LogP contribution in [0.25, 0.3) is 0 Å². The maximum atomic E-state index is 11.7. The molecule has 0 saturated carbocycles. The second-order valence-electron chi connectivity index (χ2n) is 4.93. The van der Waals surface area contributed by atoms with Crippen molar-refractivity contribution in [2.75, 3.05) is 44.2 Å². The zero-order chi connectivity index (χ0) is 15.1. The molecule has 1 aromatic heterocycles. The third-order valence-corrected chi connectivity index (χ3v) is 3.43. The Morgan fingerprint density at radius 1 is 1.38 bits per heavy atom. The molecule has 7 heteroatoms. The molecule has 0 spiro atoms. The molecule has 1 fully saturated rings. The quantitative estimate of drug-likeness (QED) is 0.707. The van der Waals surface area contributed by atoms with E-state index in [4.69, 9.17) is 0 Å². The van der Waals surface area contributed by atoms with Gasteiger partial charge in [-0.25, -0.2) is 9.78 Å². The van der Waals surface area contributed by atoms with E-state index in [-0.39, 0.29) is 12.5 Å². The number of piperazine rings is 1. The van der Waals surface area contributed by atoms with E-state index in [1.54, 1.807) is 6.92 Å². The zero-order valence-corrected chi connectivity index (χ0v) is 12.2. The normalized spacial score (nSPS) is 15.6. The van der Waals surface area contributed by atoms with Crippen molar-refractivity contribution in [2.24, 2.45) is 0 Å². The van der Waals surface area contributed by atoms with Gasteiger partial charge in [0, 0.05) is 6.07 Å². The predicted octanol–water partition coefficient (Wildman–Crippen LogP) is -1.52. The Hall–Kier alpha value is -2.15. The minimum Gasteiger partial charge on any atom is -0.450 e. The molecule has 1 aliphatic heterocycles. The molecule has 1 aromatic rings. The van der Waals surface area contributed by atoms with Crippen LogP contribution in [0, 0.1) is 0 Å². The van der Waals surface area contributed by atoms with Gasteiger partial charge in [-0.15, -0.1) is 0 Å². The Balaban J connectivity index is 1.74. The van der Waals surface area contributed by atoms with Gasteiger partial charge < -0.3 is 9.64 Å². The summed E-state index contributed by atoms with van der Waals surface area (Å²) in [5.74, 6) is 0.802. The third kappa shape index (κ3) is 4.71. The highest BCUT2D eigenvalue weighted by Gasteiger charge is 2.27. The number of aromatic amines is 1. The first kappa shape index (κ1) is 15.2. The number of nitrogens with one attached hydrogen (secondary N) is 3. The van der Waals surface area contributed by atoms with Crippen LogP contribution in [0.1, 0.15) is 6.92 Å². The summed E-state index contributed by atoms with van der Waals surface area (Å²) in [4.78, 5) is 29.5. The smallest absolute Gasteiger partial charge is 0.414 e. The maximum Gasteiger partial charge on any atom is 0.414 e. The lowest BCUT2D eigenvalue weighted by atomic mass is 10.3. The van der Waals surface area contributed by atoms with Crippen molar-refractivity contribution in [2.45, 2.75) is 6.92 Å². The van der Waals surface area contributed by atoms with E-state index in [0.29, 0.717) is 6.54 Å². The zero-order valence-electron chi connectivity index (χ0n) is 12.2. The highest BCUT2D eigenvalue weighted by molar-refractivity contribution is 5.92. The number of hydrogen-bond donors (Lipinski definition) is 2. The molecule has 1 saturated heterocycles. The van der Waals surface area contributed by atoms with Crippen LogP contribution in [0.4, 0.5) is 10.6 Å². The van der Waals surface area contributed by atoms with Gasteiger partial charge in [-0.05, 0) is 13.0 Å². The Morgan fingerprint density at radius 3 is 2.76 bits per heavy atom. The molecule has 7 nitrogen and oxygen atoms in total. The molecule has 0 aliphatic carbocycles. The summed E-state index contributed by atoms with van der Waals surface area (Å²) in [6.07, 6.45) is 1.24. The summed E-state index contributed by atoms with van der Waals surface area (Å²) in [5, 5.41) is 2.23. The van der Waals surface area contributed by atoms with Gasteiger partial charge in [-0.3, -0.25) is 15.0 Å². The number of pyridine rings is 1. The van der Waals surface area contributed by atoms with Crippen LogP contribution in [-0.2, 0) is 9.53 Å². The maximum absolute atomic E-state index is 11.7. The van der Waals surface area contributed by atoms with Gasteiger partial charge in [0.05, 0.1) is 12.8 Å². The number of anilines is 1. The van der Waals surface area contributed by atoms with E-state index >= 15 is 0 Å². The lowest BCUT2D eigenvalue weighted by Crippen LogP contribution is -3.16. The lowest BCUT2D eigenvalue weighted by Gasteiger charge is -2.27. The molecule has 2 rings (SSSR count). The number of imide groups is 1. The second kappa shape index (κ2) is 7.58. The molecule has 3 N–H and O–H groups in total. The third-order valence-electron chi connectivity index (χ3n) is 3.43. The van der Waals surface area contributed by atoms with E-state index in [1.165, 1.54) is 4.90 Å². The average molecular weight is 294 g/mol. The molecular formula is C14H22N4O3+2. The number of alkyl carbamates (subject to hydrolysis) is 1. The van der Waals surface area contributed by atoms with Crippen molar-refractivity contribution in [3.63, 3.8) is 0 Å². The molecular weight excluding hydrogens is 272 g/mol. The van der Waals surface area contributed by atoms with Crippen LogP contribution in [0.15, 0.2) is 24.4 Å². The Bertz CT molecular complexity index is 472. The van der Waals surface area contributed by atoms with Crippen LogP contribution >= 0.6 is 0 Å². The summed E-state index contributed by atoms with van der Waals surface area (Å²) >= 11 is 0. The topological polar surface area (TPSA) is 77.2 Å². The Morgan fingerprint density at radius 2 is 2.14 bits per heavy atom. The second-order valence-corrected chi connectivity index (χ2v) is 4.93. The summed E-state index contributed by atoms with van der Waals surface area (Å²) in [6.45, 7) is 5.74. The summed E-state index contributed by atoms with van der Waals surface area (Å²) in [7, 11) is 0. The number of aromatic nitrogens is 1. The molecule has 0 radical (unpaired) electrons. The molecule has 0 atom stereocenters. The molecule has 2 heterocycles. The number of H-pyrrole nitrogens is 1.